The molecule has 2 rings (SSSR count). The van der Waals surface area contributed by atoms with Crippen LogP contribution in [0.2, 0.25) is 0 Å². The van der Waals surface area contributed by atoms with Crippen LogP contribution in [0.5, 0.6) is 0 Å². The fraction of sp³-hybridized carbons (Fsp3) is 0.500. The molecule has 0 aromatic heterocycles. The summed E-state index contributed by atoms with van der Waals surface area (Å²) in [4.78, 5) is 0. The number of halogens is 1. The van der Waals surface area contributed by atoms with Crippen molar-refractivity contribution in [2.24, 2.45) is 5.92 Å². The van der Waals surface area contributed by atoms with E-state index in [2.05, 4.69) is 31.2 Å². The molecule has 0 bridgehead atoms. The van der Waals surface area contributed by atoms with Gasteiger partial charge in [-0.3, -0.25) is 0 Å². The Kier molecular flexibility index (Phi) is 2.59. The van der Waals surface area contributed by atoms with E-state index in [4.69, 9.17) is 11.6 Å². The van der Waals surface area contributed by atoms with Gasteiger partial charge in [-0.15, -0.1) is 11.6 Å². The maximum absolute atomic E-state index is 5.98. The molecule has 0 saturated heterocycles. The van der Waals surface area contributed by atoms with Gasteiger partial charge in [0.2, 0.25) is 0 Å². The lowest BCUT2D eigenvalue weighted by Crippen LogP contribution is -2.02. The fourth-order valence-electron chi connectivity index (χ4n) is 1.80. The third kappa shape index (κ3) is 2.05. The van der Waals surface area contributed by atoms with Gasteiger partial charge in [0.15, 0.2) is 0 Å². The van der Waals surface area contributed by atoms with E-state index in [1.807, 2.05) is 0 Å². The van der Waals surface area contributed by atoms with Crippen LogP contribution in [0.15, 0.2) is 24.3 Å². The van der Waals surface area contributed by atoms with E-state index in [0.29, 0.717) is 5.92 Å². The van der Waals surface area contributed by atoms with Gasteiger partial charge in [-0.1, -0.05) is 29.8 Å². The molecule has 1 unspecified atom stereocenters. The van der Waals surface area contributed by atoms with E-state index in [-0.39, 0.29) is 0 Å². The second-order valence-electron chi connectivity index (χ2n) is 4.01. The molecule has 1 aromatic rings. The second kappa shape index (κ2) is 3.71. The minimum absolute atomic E-state index is 0.599. The van der Waals surface area contributed by atoms with Gasteiger partial charge in [0.1, 0.15) is 0 Å². The Bertz CT molecular complexity index is 272. The van der Waals surface area contributed by atoms with Gasteiger partial charge in [-0.2, -0.15) is 0 Å². The summed E-state index contributed by atoms with van der Waals surface area (Å²) in [5, 5.41) is 0. The molecule has 0 radical (unpaired) electrons. The predicted molar refractivity (Wildman–Crippen MR) is 57.4 cm³/mol. The Hall–Kier alpha value is -0.490. The largest absolute Gasteiger partial charge is 0.126 e. The molecule has 1 saturated carbocycles. The van der Waals surface area contributed by atoms with Crippen LogP contribution in [0.1, 0.15) is 29.9 Å². The average molecular weight is 195 g/mol. The van der Waals surface area contributed by atoms with Crippen molar-refractivity contribution >= 4 is 11.6 Å². The maximum Gasteiger partial charge on any atom is 0.0294 e. The van der Waals surface area contributed by atoms with Crippen LogP contribution in [0.3, 0.4) is 0 Å². The van der Waals surface area contributed by atoms with E-state index < -0.39 is 0 Å². The summed E-state index contributed by atoms with van der Waals surface area (Å²) in [6.07, 6.45) is 2.73. The molecule has 0 N–H and O–H groups in total. The molecule has 1 atom stereocenters. The molecule has 0 amide bonds. The zero-order chi connectivity index (χ0) is 9.26. The lowest BCUT2D eigenvalue weighted by atomic mass is 9.95. The van der Waals surface area contributed by atoms with Crippen molar-refractivity contribution < 1.29 is 0 Å². The quantitative estimate of drug-likeness (QED) is 0.644. The van der Waals surface area contributed by atoms with Crippen LogP contribution < -0.4 is 0 Å². The van der Waals surface area contributed by atoms with Gasteiger partial charge in [-0.25, -0.2) is 0 Å². The highest BCUT2D eigenvalue weighted by molar-refractivity contribution is 6.18. The summed E-state index contributed by atoms with van der Waals surface area (Å²) in [5.41, 5.74) is 2.75. The molecule has 70 valence electrons. The van der Waals surface area contributed by atoms with Crippen LogP contribution >= 0.6 is 11.6 Å². The predicted octanol–water partition coefficient (Wildman–Crippen LogP) is 3.73. The maximum atomic E-state index is 5.98. The molecule has 13 heavy (non-hydrogen) atoms. The minimum Gasteiger partial charge on any atom is -0.126 e. The van der Waals surface area contributed by atoms with Crippen LogP contribution in [0, 0.1) is 12.8 Å². The molecule has 1 aliphatic rings. The SMILES string of the molecule is Cc1ccc(C(CCl)C2CC2)cc1. The highest BCUT2D eigenvalue weighted by Crippen LogP contribution is 2.43. The zero-order valence-electron chi connectivity index (χ0n) is 7.96. The van der Waals surface area contributed by atoms with Crippen molar-refractivity contribution in [1.29, 1.82) is 0 Å². The molecule has 0 heterocycles. The first kappa shape index (κ1) is 9.08. The number of hydrogen-bond donors (Lipinski definition) is 0. The summed E-state index contributed by atoms with van der Waals surface area (Å²) in [6.45, 7) is 2.12. The summed E-state index contributed by atoms with van der Waals surface area (Å²) < 4.78 is 0. The molecule has 1 aromatic carbocycles. The molecule has 1 aliphatic carbocycles. The number of aryl methyl sites for hydroxylation is 1. The summed E-state index contributed by atoms with van der Waals surface area (Å²) in [6, 6.07) is 8.80. The average Bonchev–Trinajstić information content (AvgIpc) is 2.93. The van der Waals surface area contributed by atoms with E-state index in [1.54, 1.807) is 0 Å². The van der Waals surface area contributed by atoms with Gasteiger partial charge >= 0.3 is 0 Å². The Morgan fingerprint density at radius 3 is 2.38 bits per heavy atom. The van der Waals surface area contributed by atoms with Crippen LogP contribution in [0.4, 0.5) is 0 Å². The van der Waals surface area contributed by atoms with E-state index in [0.717, 1.165) is 11.8 Å². The molecular weight excluding hydrogens is 180 g/mol. The number of rotatable bonds is 3. The first-order valence-corrected chi connectivity index (χ1v) is 5.47. The van der Waals surface area contributed by atoms with Crippen molar-refractivity contribution in [3.05, 3.63) is 35.4 Å². The zero-order valence-corrected chi connectivity index (χ0v) is 8.72. The highest BCUT2D eigenvalue weighted by atomic mass is 35.5. The lowest BCUT2D eigenvalue weighted by Gasteiger charge is -2.12. The van der Waals surface area contributed by atoms with Crippen molar-refractivity contribution in [3.8, 4) is 0 Å². The topological polar surface area (TPSA) is 0 Å². The van der Waals surface area contributed by atoms with Gasteiger partial charge in [-0.05, 0) is 31.2 Å². The van der Waals surface area contributed by atoms with E-state index in [9.17, 15) is 0 Å². The first-order chi connectivity index (χ1) is 6.31. The van der Waals surface area contributed by atoms with Gasteiger partial charge in [0.05, 0.1) is 0 Å². The standard InChI is InChI=1S/C12H15Cl/c1-9-2-4-10(5-3-9)12(8-13)11-6-7-11/h2-5,11-12H,6-8H2,1H3. The first-order valence-electron chi connectivity index (χ1n) is 4.94. The van der Waals surface area contributed by atoms with Crippen molar-refractivity contribution in [2.75, 3.05) is 5.88 Å². The Morgan fingerprint density at radius 1 is 1.31 bits per heavy atom. The lowest BCUT2D eigenvalue weighted by molar-refractivity contribution is 0.670. The summed E-state index contributed by atoms with van der Waals surface area (Å²) in [5.74, 6) is 2.23. The summed E-state index contributed by atoms with van der Waals surface area (Å²) >= 11 is 5.98. The van der Waals surface area contributed by atoms with E-state index >= 15 is 0 Å². The van der Waals surface area contributed by atoms with Gasteiger partial charge in [0.25, 0.3) is 0 Å². The molecule has 1 fully saturated rings. The Balaban J connectivity index is 2.17. The third-order valence-electron chi connectivity index (χ3n) is 2.86. The van der Waals surface area contributed by atoms with Crippen LogP contribution in [0.25, 0.3) is 0 Å². The number of alkyl halides is 1. The molecule has 0 spiro atoms. The smallest absolute Gasteiger partial charge is 0.0294 e. The monoisotopic (exact) mass is 194 g/mol. The fourth-order valence-corrected chi connectivity index (χ4v) is 2.23. The number of benzene rings is 1. The third-order valence-corrected chi connectivity index (χ3v) is 3.20. The van der Waals surface area contributed by atoms with Gasteiger partial charge < -0.3 is 0 Å². The number of hydrogen-bond acceptors (Lipinski definition) is 0. The molecule has 0 nitrogen and oxygen atoms in total. The summed E-state index contributed by atoms with van der Waals surface area (Å²) in [7, 11) is 0. The van der Waals surface area contributed by atoms with E-state index in [1.165, 1.54) is 24.0 Å². The van der Waals surface area contributed by atoms with Crippen molar-refractivity contribution in [2.45, 2.75) is 25.7 Å². The van der Waals surface area contributed by atoms with Gasteiger partial charge in [0, 0.05) is 11.8 Å². The molecular formula is C12H15Cl. The molecule has 0 aliphatic heterocycles. The van der Waals surface area contributed by atoms with Crippen molar-refractivity contribution in [3.63, 3.8) is 0 Å². The minimum atomic E-state index is 0.599. The second-order valence-corrected chi connectivity index (χ2v) is 4.32. The molecule has 1 heteroatoms. The van der Waals surface area contributed by atoms with Crippen LogP contribution in [-0.2, 0) is 0 Å². The Labute approximate surface area is 84.9 Å². The van der Waals surface area contributed by atoms with Crippen LogP contribution in [-0.4, -0.2) is 5.88 Å². The normalized spacial score (nSPS) is 18.6. The Morgan fingerprint density at radius 2 is 1.92 bits per heavy atom. The van der Waals surface area contributed by atoms with Crippen molar-refractivity contribution in [1.82, 2.24) is 0 Å². The highest BCUT2D eigenvalue weighted by Gasteiger charge is 2.31.